The highest BCUT2D eigenvalue weighted by Gasteiger charge is 2.30. The lowest BCUT2D eigenvalue weighted by atomic mass is 10.1. The van der Waals surface area contributed by atoms with E-state index in [4.69, 9.17) is 14.3 Å². The van der Waals surface area contributed by atoms with Crippen LogP contribution in [0.5, 0.6) is 5.75 Å². The van der Waals surface area contributed by atoms with Gasteiger partial charge in [0.15, 0.2) is 0 Å². The zero-order valence-corrected chi connectivity index (χ0v) is 21.4. The minimum absolute atomic E-state index is 0.216. The van der Waals surface area contributed by atoms with Crippen molar-refractivity contribution in [3.63, 3.8) is 0 Å². The van der Waals surface area contributed by atoms with Crippen LogP contribution in [0.3, 0.4) is 0 Å². The van der Waals surface area contributed by atoms with Gasteiger partial charge in [0, 0.05) is 49.0 Å². The van der Waals surface area contributed by atoms with Gasteiger partial charge in [0.05, 0.1) is 25.3 Å². The lowest BCUT2D eigenvalue weighted by Gasteiger charge is -2.41. The van der Waals surface area contributed by atoms with Crippen molar-refractivity contribution in [3.8, 4) is 29.0 Å². The molecular formula is C26H28N4O6S. The molecule has 0 saturated carbocycles. The van der Waals surface area contributed by atoms with Crippen LogP contribution in [0.25, 0.3) is 11.5 Å². The average molecular weight is 525 g/mol. The fourth-order valence-corrected chi connectivity index (χ4v) is 4.97. The summed E-state index contributed by atoms with van der Waals surface area (Å²) in [6.07, 6.45) is 2.88. The number of carboxylic acids is 1. The standard InChI is InChI=1S/C26H28N4O6S/c1-19(17-25(31)32)30(37(33)34)29-14-12-28(13-15-29)22-8-5-20(6-9-22)3-4-21-7-10-24(35-2)23(18-21)26-27-11-16-36-26/h5-11,16,18-19H,12-15,17H2,1-2H3,(H,31,32)(H,33,34). The summed E-state index contributed by atoms with van der Waals surface area (Å²) < 4.78 is 33.6. The van der Waals surface area contributed by atoms with Crippen molar-refractivity contribution in [2.45, 2.75) is 19.4 Å². The molecule has 194 valence electrons. The summed E-state index contributed by atoms with van der Waals surface area (Å²) >= 11 is -2.29. The van der Waals surface area contributed by atoms with Crippen LogP contribution in [-0.4, -0.2) is 73.6 Å². The summed E-state index contributed by atoms with van der Waals surface area (Å²) in [6.45, 7) is 3.90. The predicted molar refractivity (Wildman–Crippen MR) is 139 cm³/mol. The largest absolute Gasteiger partial charge is 0.496 e. The van der Waals surface area contributed by atoms with Crippen molar-refractivity contribution >= 4 is 22.9 Å². The fraction of sp³-hybridized carbons (Fsp3) is 0.308. The van der Waals surface area contributed by atoms with E-state index in [1.165, 1.54) is 10.7 Å². The van der Waals surface area contributed by atoms with Crippen LogP contribution in [0.1, 0.15) is 24.5 Å². The number of nitrogens with zero attached hydrogens (tertiary/aromatic N) is 4. The van der Waals surface area contributed by atoms with E-state index in [1.54, 1.807) is 25.2 Å². The minimum Gasteiger partial charge on any atom is -0.496 e. The van der Waals surface area contributed by atoms with Crippen molar-refractivity contribution in [3.05, 3.63) is 66.1 Å². The Morgan fingerprint density at radius 3 is 2.43 bits per heavy atom. The minimum atomic E-state index is -2.29. The summed E-state index contributed by atoms with van der Waals surface area (Å²) in [7, 11) is 1.60. The van der Waals surface area contributed by atoms with Gasteiger partial charge in [-0.05, 0) is 49.4 Å². The van der Waals surface area contributed by atoms with Crippen LogP contribution in [0.4, 0.5) is 5.69 Å². The van der Waals surface area contributed by atoms with Gasteiger partial charge in [-0.15, -0.1) is 4.41 Å². The molecule has 0 bridgehead atoms. The number of aliphatic carboxylic acids is 1. The highest BCUT2D eigenvalue weighted by molar-refractivity contribution is 7.76. The number of carboxylic acid groups (broad SMARTS) is 1. The predicted octanol–water partition coefficient (Wildman–Crippen LogP) is 3.09. The van der Waals surface area contributed by atoms with Crippen LogP contribution >= 0.6 is 0 Å². The summed E-state index contributed by atoms with van der Waals surface area (Å²) in [4.78, 5) is 17.4. The van der Waals surface area contributed by atoms with Gasteiger partial charge in [-0.25, -0.2) is 14.2 Å². The third-order valence-electron chi connectivity index (χ3n) is 5.99. The number of rotatable bonds is 8. The second kappa shape index (κ2) is 12.0. The van der Waals surface area contributed by atoms with Crippen LogP contribution < -0.4 is 9.64 Å². The number of anilines is 1. The van der Waals surface area contributed by atoms with E-state index in [9.17, 15) is 13.6 Å². The number of hydrogen-bond acceptors (Lipinski definition) is 7. The summed E-state index contributed by atoms with van der Waals surface area (Å²) in [5.74, 6) is 6.46. The van der Waals surface area contributed by atoms with E-state index < -0.39 is 23.3 Å². The topological polar surface area (TPSA) is 120 Å². The van der Waals surface area contributed by atoms with E-state index in [2.05, 4.69) is 21.7 Å². The molecule has 1 fully saturated rings. The maximum absolute atomic E-state index is 11.8. The number of ether oxygens (including phenoxy) is 1. The molecule has 2 aromatic carbocycles. The van der Waals surface area contributed by atoms with E-state index in [-0.39, 0.29) is 6.42 Å². The van der Waals surface area contributed by atoms with Crippen LogP contribution in [0.2, 0.25) is 0 Å². The Morgan fingerprint density at radius 1 is 1.16 bits per heavy atom. The number of hydrogen-bond donors (Lipinski definition) is 2. The molecule has 2 heterocycles. The smallest absolute Gasteiger partial charge is 0.305 e. The van der Waals surface area contributed by atoms with E-state index in [0.717, 1.165) is 22.4 Å². The van der Waals surface area contributed by atoms with E-state index in [1.807, 2.05) is 42.5 Å². The SMILES string of the molecule is COc1ccc(C#Cc2ccc(N3CCN(N(C(C)CC(=O)O)S(=O)O)CC3)cc2)cc1-c1ncco1. The number of benzene rings is 2. The van der Waals surface area contributed by atoms with Crippen molar-refractivity contribution in [1.29, 1.82) is 0 Å². The van der Waals surface area contributed by atoms with Crippen LogP contribution in [0, 0.1) is 11.8 Å². The third-order valence-corrected chi connectivity index (χ3v) is 6.90. The maximum Gasteiger partial charge on any atom is 0.305 e. The van der Waals surface area contributed by atoms with Gasteiger partial charge in [-0.3, -0.25) is 9.35 Å². The number of piperazine rings is 1. The number of carbonyl (C=O) groups is 1. The number of hydrazine groups is 1. The third kappa shape index (κ3) is 6.55. The lowest BCUT2D eigenvalue weighted by Crippen LogP contribution is -2.57. The Kier molecular flexibility index (Phi) is 8.58. The molecule has 2 atom stereocenters. The van der Waals surface area contributed by atoms with Crippen LogP contribution in [-0.2, 0) is 16.1 Å². The zero-order valence-electron chi connectivity index (χ0n) is 20.5. The van der Waals surface area contributed by atoms with Crippen molar-refractivity contribution in [2.24, 2.45) is 0 Å². The summed E-state index contributed by atoms with van der Waals surface area (Å²) in [5.41, 5.74) is 3.42. The Hall–Kier alpha value is -3.69. The molecule has 3 aromatic rings. The zero-order chi connectivity index (χ0) is 26.4. The van der Waals surface area contributed by atoms with Gasteiger partial charge >= 0.3 is 5.97 Å². The first-order chi connectivity index (χ1) is 17.9. The van der Waals surface area contributed by atoms with Gasteiger partial charge in [0.2, 0.25) is 17.2 Å². The average Bonchev–Trinajstić information content (AvgIpc) is 3.42. The number of oxazole rings is 1. The van der Waals surface area contributed by atoms with Gasteiger partial charge in [0.1, 0.15) is 12.0 Å². The Labute approximate surface area is 217 Å². The normalized spacial score (nSPS) is 15.6. The quantitative estimate of drug-likeness (QED) is 0.338. The lowest BCUT2D eigenvalue weighted by molar-refractivity contribution is -0.139. The van der Waals surface area contributed by atoms with Gasteiger partial charge in [-0.2, -0.15) is 0 Å². The van der Waals surface area contributed by atoms with E-state index >= 15 is 0 Å². The van der Waals surface area contributed by atoms with Crippen molar-refractivity contribution < 1.29 is 27.8 Å². The number of methoxy groups -OCH3 is 1. The maximum atomic E-state index is 11.8. The fourth-order valence-electron chi connectivity index (χ4n) is 4.22. The number of aromatic nitrogens is 1. The molecule has 2 N–H and O–H groups in total. The highest BCUT2D eigenvalue weighted by Crippen LogP contribution is 2.29. The molecule has 11 heteroatoms. The molecule has 1 aliphatic heterocycles. The Morgan fingerprint density at radius 2 is 1.84 bits per heavy atom. The van der Waals surface area contributed by atoms with Crippen molar-refractivity contribution in [1.82, 2.24) is 14.4 Å². The molecule has 37 heavy (non-hydrogen) atoms. The van der Waals surface area contributed by atoms with Crippen molar-refractivity contribution in [2.75, 3.05) is 38.2 Å². The first-order valence-corrected chi connectivity index (χ1v) is 12.7. The second-order valence-corrected chi connectivity index (χ2v) is 9.31. The van der Waals surface area contributed by atoms with Crippen LogP contribution in [0.15, 0.2) is 59.3 Å². The molecule has 2 unspecified atom stereocenters. The molecule has 10 nitrogen and oxygen atoms in total. The summed E-state index contributed by atoms with van der Waals surface area (Å²) in [6, 6.07) is 12.9. The van der Waals surface area contributed by atoms with Gasteiger partial charge < -0.3 is 19.2 Å². The van der Waals surface area contributed by atoms with Gasteiger partial charge in [0.25, 0.3) is 0 Å². The molecule has 1 aliphatic rings. The second-order valence-electron chi connectivity index (χ2n) is 8.47. The molecule has 0 amide bonds. The van der Waals surface area contributed by atoms with Gasteiger partial charge in [-0.1, -0.05) is 11.8 Å². The molecular weight excluding hydrogens is 496 g/mol. The first-order valence-electron chi connectivity index (χ1n) is 11.7. The molecule has 0 spiro atoms. The molecule has 4 rings (SSSR count). The highest BCUT2D eigenvalue weighted by atomic mass is 32.2. The molecule has 1 saturated heterocycles. The summed E-state index contributed by atoms with van der Waals surface area (Å²) in [5, 5.41) is 10.8. The molecule has 0 aliphatic carbocycles. The molecule has 0 radical (unpaired) electrons. The first kappa shape index (κ1) is 26.4. The monoisotopic (exact) mass is 524 g/mol. The Balaban J connectivity index is 1.40. The Bertz CT molecular complexity index is 1290. The molecule has 1 aromatic heterocycles. The van der Waals surface area contributed by atoms with E-state index in [0.29, 0.717) is 37.8 Å².